The van der Waals surface area contributed by atoms with Gasteiger partial charge in [0.25, 0.3) is 5.91 Å². The number of thioether (sulfide) groups is 2. The lowest BCUT2D eigenvalue weighted by atomic mass is 10.1. The van der Waals surface area contributed by atoms with Gasteiger partial charge in [0.1, 0.15) is 0 Å². The number of nitrogens with one attached hydrogen (secondary N) is 1. The van der Waals surface area contributed by atoms with Gasteiger partial charge >= 0.3 is 0 Å². The van der Waals surface area contributed by atoms with Gasteiger partial charge in [0.15, 0.2) is 8.68 Å². The maximum absolute atomic E-state index is 12.1. The normalized spacial score (nSPS) is 11.5. The molecule has 3 aromatic rings. The monoisotopic (exact) mass is 482 g/mol. The highest BCUT2D eigenvalue weighted by Gasteiger charge is 2.09. The molecule has 1 amide bonds. The van der Waals surface area contributed by atoms with Gasteiger partial charge in [-0.3, -0.25) is 4.79 Å². The number of benzene rings is 2. The van der Waals surface area contributed by atoms with Crippen molar-refractivity contribution in [2.75, 3.05) is 5.75 Å². The molecule has 0 fully saturated rings. The van der Waals surface area contributed by atoms with Gasteiger partial charge in [-0.2, -0.15) is 5.10 Å². The average molecular weight is 483 g/mol. The number of carbonyl (C=O) groups excluding carboxylic acids is 1. The van der Waals surface area contributed by atoms with E-state index >= 15 is 0 Å². The van der Waals surface area contributed by atoms with Gasteiger partial charge in [0.2, 0.25) is 0 Å². The third-order valence-corrected chi connectivity index (χ3v) is 7.61. The summed E-state index contributed by atoms with van der Waals surface area (Å²) in [4.78, 5) is 12.1. The van der Waals surface area contributed by atoms with Crippen LogP contribution in [0, 0.1) is 0 Å². The zero-order valence-electron chi connectivity index (χ0n) is 15.3. The molecule has 0 saturated heterocycles. The van der Waals surface area contributed by atoms with Crippen molar-refractivity contribution in [1.82, 2.24) is 15.6 Å². The van der Waals surface area contributed by atoms with Gasteiger partial charge in [-0.25, -0.2) is 5.43 Å². The summed E-state index contributed by atoms with van der Waals surface area (Å²) in [5.41, 5.74) is 5.20. The molecular weight excluding hydrogens is 467 g/mol. The maximum atomic E-state index is 12.1. The summed E-state index contributed by atoms with van der Waals surface area (Å²) in [7, 11) is 0. The van der Waals surface area contributed by atoms with Crippen molar-refractivity contribution >= 4 is 69.7 Å². The number of amides is 1. The molecule has 0 saturated carbocycles. The molecule has 1 N–H and O–H groups in total. The topological polar surface area (TPSA) is 67.2 Å². The van der Waals surface area contributed by atoms with Crippen molar-refractivity contribution in [3.05, 3.63) is 69.7 Å². The summed E-state index contributed by atoms with van der Waals surface area (Å²) in [5, 5.41) is 13.3. The minimum Gasteiger partial charge on any atom is -0.272 e. The average Bonchev–Trinajstić information content (AvgIpc) is 3.19. The Balaban J connectivity index is 1.45. The van der Waals surface area contributed by atoms with E-state index in [2.05, 4.69) is 32.9 Å². The van der Waals surface area contributed by atoms with Gasteiger partial charge in [-0.1, -0.05) is 94.5 Å². The van der Waals surface area contributed by atoms with Crippen LogP contribution in [0.2, 0.25) is 10.0 Å². The third kappa shape index (κ3) is 7.01. The molecule has 0 atom stereocenters. The first kappa shape index (κ1) is 22.1. The van der Waals surface area contributed by atoms with Crippen LogP contribution in [0.4, 0.5) is 0 Å². The highest BCUT2D eigenvalue weighted by atomic mass is 35.5. The Kier molecular flexibility index (Phi) is 8.38. The molecule has 0 unspecified atom stereocenters. The van der Waals surface area contributed by atoms with E-state index in [0.29, 0.717) is 15.8 Å². The first-order chi connectivity index (χ1) is 14.0. The lowest BCUT2D eigenvalue weighted by Gasteiger charge is -2.04. The third-order valence-electron chi connectivity index (χ3n) is 3.61. The number of aromatic nitrogens is 2. The summed E-state index contributed by atoms with van der Waals surface area (Å²) >= 11 is 16.4. The molecule has 0 aliphatic heterocycles. The largest absolute Gasteiger partial charge is 0.272 e. The fourth-order valence-electron chi connectivity index (χ4n) is 2.12. The van der Waals surface area contributed by atoms with Crippen LogP contribution in [0.3, 0.4) is 0 Å². The van der Waals surface area contributed by atoms with E-state index in [0.717, 1.165) is 20.0 Å². The fraction of sp³-hybridized carbons (Fsp3) is 0.158. The second kappa shape index (κ2) is 11.0. The van der Waals surface area contributed by atoms with Crippen LogP contribution in [0.25, 0.3) is 0 Å². The van der Waals surface area contributed by atoms with Gasteiger partial charge in [0, 0.05) is 5.75 Å². The summed E-state index contributed by atoms with van der Waals surface area (Å²) in [6.07, 6.45) is 0. The van der Waals surface area contributed by atoms with Crippen LogP contribution in [0.15, 0.2) is 62.3 Å². The quantitative estimate of drug-likeness (QED) is 0.250. The minimum atomic E-state index is -0.219. The first-order valence-corrected chi connectivity index (χ1v) is 12.0. The number of rotatable bonds is 8. The van der Waals surface area contributed by atoms with E-state index in [4.69, 9.17) is 23.2 Å². The Morgan fingerprint density at radius 2 is 1.79 bits per heavy atom. The van der Waals surface area contributed by atoms with Crippen LogP contribution in [0.5, 0.6) is 0 Å². The lowest BCUT2D eigenvalue weighted by Crippen LogP contribution is -2.21. The first-order valence-electron chi connectivity index (χ1n) is 8.43. The molecule has 29 heavy (non-hydrogen) atoms. The lowest BCUT2D eigenvalue weighted by molar-refractivity contribution is -0.118. The van der Waals surface area contributed by atoms with Crippen LogP contribution in [-0.4, -0.2) is 27.6 Å². The molecule has 0 spiro atoms. The smallest absolute Gasteiger partial charge is 0.250 e. The number of hydrogen-bond acceptors (Lipinski definition) is 7. The number of carbonyl (C=O) groups is 1. The molecule has 3 rings (SSSR count). The summed E-state index contributed by atoms with van der Waals surface area (Å²) in [6, 6.07) is 15.4. The van der Waals surface area contributed by atoms with Crippen LogP contribution in [-0.2, 0) is 10.5 Å². The summed E-state index contributed by atoms with van der Waals surface area (Å²) in [6.45, 7) is 1.79. The highest BCUT2D eigenvalue weighted by molar-refractivity contribution is 8.03. The molecule has 5 nitrogen and oxygen atoms in total. The molecule has 1 aromatic heterocycles. The predicted octanol–water partition coefficient (Wildman–Crippen LogP) is 5.77. The highest BCUT2D eigenvalue weighted by Crippen LogP contribution is 2.30. The van der Waals surface area contributed by atoms with Gasteiger partial charge in [-0.05, 0) is 30.2 Å². The van der Waals surface area contributed by atoms with Crippen molar-refractivity contribution < 1.29 is 4.79 Å². The van der Waals surface area contributed by atoms with E-state index in [-0.39, 0.29) is 11.7 Å². The number of hydrazone groups is 1. The molecule has 1 heterocycles. The van der Waals surface area contributed by atoms with Crippen LogP contribution >= 0.6 is 58.1 Å². The zero-order valence-corrected chi connectivity index (χ0v) is 19.2. The van der Waals surface area contributed by atoms with E-state index < -0.39 is 0 Å². The van der Waals surface area contributed by atoms with E-state index in [1.54, 1.807) is 36.9 Å². The molecule has 0 radical (unpaired) electrons. The predicted molar refractivity (Wildman–Crippen MR) is 123 cm³/mol. The second-order valence-electron chi connectivity index (χ2n) is 5.76. The molecule has 0 aliphatic carbocycles. The number of halogens is 2. The fourth-order valence-corrected chi connectivity index (χ4v) is 5.19. The van der Waals surface area contributed by atoms with Crippen molar-refractivity contribution in [3.63, 3.8) is 0 Å². The molecule has 2 aromatic carbocycles. The molecule has 150 valence electrons. The summed E-state index contributed by atoms with van der Waals surface area (Å²) < 4.78 is 1.63. The van der Waals surface area contributed by atoms with Crippen molar-refractivity contribution in [2.45, 2.75) is 21.4 Å². The van der Waals surface area contributed by atoms with Crippen molar-refractivity contribution in [1.29, 1.82) is 0 Å². The Morgan fingerprint density at radius 1 is 1.07 bits per heavy atom. The van der Waals surface area contributed by atoms with E-state index in [1.165, 1.54) is 28.7 Å². The zero-order chi connectivity index (χ0) is 20.6. The second-order valence-corrected chi connectivity index (χ2v) is 9.99. The van der Waals surface area contributed by atoms with Crippen LogP contribution in [0.1, 0.15) is 18.1 Å². The van der Waals surface area contributed by atoms with Gasteiger partial charge < -0.3 is 0 Å². The van der Waals surface area contributed by atoms with E-state index in [1.807, 2.05) is 18.2 Å². The van der Waals surface area contributed by atoms with Gasteiger partial charge in [-0.15, -0.1) is 10.2 Å². The maximum Gasteiger partial charge on any atom is 0.250 e. The molecular formula is C19H16Cl2N4OS3. The van der Waals surface area contributed by atoms with E-state index in [9.17, 15) is 4.79 Å². The standard InChI is InChI=1S/C19H16Cl2N4OS3/c1-12(14-7-8-15(20)16(21)9-14)22-23-17(26)11-28-19-25-24-18(29-19)27-10-13-5-3-2-4-6-13/h2-9H,10-11H2,1H3,(H,23,26)/b22-12-. The Hall–Kier alpha value is -1.58. The molecule has 0 aliphatic rings. The Bertz CT molecular complexity index is 1010. The number of nitrogens with zero attached hydrogens (tertiary/aromatic N) is 3. The Morgan fingerprint density at radius 3 is 2.52 bits per heavy atom. The van der Waals surface area contributed by atoms with Crippen LogP contribution < -0.4 is 5.43 Å². The number of hydrogen-bond donors (Lipinski definition) is 1. The van der Waals surface area contributed by atoms with Crippen molar-refractivity contribution in [3.8, 4) is 0 Å². The minimum absolute atomic E-state index is 0.205. The summed E-state index contributed by atoms with van der Waals surface area (Å²) in [5.74, 6) is 0.822. The van der Waals surface area contributed by atoms with Crippen molar-refractivity contribution in [2.24, 2.45) is 5.10 Å². The molecule has 10 heteroatoms. The Labute approximate surface area is 191 Å². The van der Waals surface area contributed by atoms with Gasteiger partial charge in [0.05, 0.1) is 21.5 Å². The molecule has 0 bridgehead atoms. The SMILES string of the molecule is C/C(=N/NC(=O)CSc1nnc(SCc2ccccc2)s1)c1ccc(Cl)c(Cl)c1.